The highest BCUT2D eigenvalue weighted by Crippen LogP contribution is 2.19. The molecule has 2 atom stereocenters. The van der Waals surface area contributed by atoms with Gasteiger partial charge in [0.2, 0.25) is 0 Å². The average molecular weight is 247 g/mol. The van der Waals surface area contributed by atoms with Crippen molar-refractivity contribution in [1.82, 2.24) is 9.55 Å². The summed E-state index contributed by atoms with van der Waals surface area (Å²) in [6.07, 6.45) is 4.43. The number of imidazole rings is 1. The maximum atomic E-state index is 12.8. The molecule has 18 heavy (non-hydrogen) atoms. The van der Waals surface area contributed by atoms with Gasteiger partial charge in [-0.1, -0.05) is 12.1 Å². The molecule has 0 saturated carbocycles. The Labute approximate surface area is 106 Å². The molecule has 0 spiro atoms. The summed E-state index contributed by atoms with van der Waals surface area (Å²) in [5.41, 5.74) is 8.02. The minimum Gasteiger partial charge on any atom is -0.330 e. The largest absolute Gasteiger partial charge is 0.330 e. The molecule has 1 aromatic carbocycles. The predicted molar refractivity (Wildman–Crippen MR) is 69.6 cm³/mol. The number of nitrogens with zero attached hydrogens (tertiary/aromatic N) is 2. The van der Waals surface area contributed by atoms with Gasteiger partial charge in [0.1, 0.15) is 5.82 Å². The number of halogens is 1. The van der Waals surface area contributed by atoms with Gasteiger partial charge in [0.25, 0.3) is 0 Å². The van der Waals surface area contributed by atoms with E-state index in [4.69, 9.17) is 5.73 Å². The second kappa shape index (κ2) is 5.31. The van der Waals surface area contributed by atoms with Gasteiger partial charge in [-0.15, -0.1) is 0 Å². The van der Waals surface area contributed by atoms with Crippen molar-refractivity contribution < 1.29 is 4.39 Å². The SMILES string of the molecule is CC(N)c1cncn1C(C)Cc1ccc(F)cc1. The minimum atomic E-state index is -0.203. The highest BCUT2D eigenvalue weighted by molar-refractivity contribution is 5.17. The van der Waals surface area contributed by atoms with Crippen LogP contribution >= 0.6 is 0 Å². The zero-order valence-electron chi connectivity index (χ0n) is 10.7. The van der Waals surface area contributed by atoms with Crippen LogP contribution in [0, 0.1) is 5.82 Å². The van der Waals surface area contributed by atoms with Crippen LogP contribution in [0.1, 0.15) is 37.2 Å². The molecule has 0 aliphatic carbocycles. The minimum absolute atomic E-state index is 0.0387. The zero-order chi connectivity index (χ0) is 13.1. The predicted octanol–water partition coefficient (Wildman–Crippen LogP) is 2.85. The Morgan fingerprint density at radius 2 is 1.94 bits per heavy atom. The Hall–Kier alpha value is -1.68. The van der Waals surface area contributed by atoms with Gasteiger partial charge in [-0.3, -0.25) is 0 Å². The first-order valence-corrected chi connectivity index (χ1v) is 6.09. The van der Waals surface area contributed by atoms with Gasteiger partial charge in [-0.05, 0) is 38.0 Å². The summed E-state index contributed by atoms with van der Waals surface area (Å²) in [6, 6.07) is 6.81. The van der Waals surface area contributed by atoms with E-state index in [9.17, 15) is 4.39 Å². The molecule has 2 N–H and O–H groups in total. The number of hydrogen-bond donors (Lipinski definition) is 1. The van der Waals surface area contributed by atoms with E-state index in [2.05, 4.69) is 16.5 Å². The van der Waals surface area contributed by atoms with Crippen molar-refractivity contribution in [3.63, 3.8) is 0 Å². The Balaban J connectivity index is 2.14. The summed E-state index contributed by atoms with van der Waals surface area (Å²) in [6.45, 7) is 4.05. The van der Waals surface area contributed by atoms with Gasteiger partial charge in [-0.25, -0.2) is 9.37 Å². The van der Waals surface area contributed by atoms with E-state index >= 15 is 0 Å². The summed E-state index contributed by atoms with van der Waals surface area (Å²) in [7, 11) is 0. The van der Waals surface area contributed by atoms with Crippen LogP contribution < -0.4 is 5.73 Å². The van der Waals surface area contributed by atoms with Crippen LogP contribution in [0.15, 0.2) is 36.8 Å². The van der Waals surface area contributed by atoms with Crippen LogP contribution in [0.25, 0.3) is 0 Å². The second-order valence-corrected chi connectivity index (χ2v) is 4.69. The summed E-state index contributed by atoms with van der Waals surface area (Å²) < 4.78 is 14.9. The van der Waals surface area contributed by atoms with E-state index in [1.807, 2.05) is 19.1 Å². The fraction of sp³-hybridized carbons (Fsp3) is 0.357. The summed E-state index contributed by atoms with van der Waals surface area (Å²) in [5, 5.41) is 0. The molecule has 0 aliphatic rings. The van der Waals surface area contributed by atoms with Crippen molar-refractivity contribution in [2.24, 2.45) is 5.73 Å². The molecule has 0 saturated heterocycles. The third-order valence-corrected chi connectivity index (χ3v) is 3.08. The van der Waals surface area contributed by atoms with E-state index in [0.29, 0.717) is 0 Å². The lowest BCUT2D eigenvalue weighted by molar-refractivity contribution is 0.510. The molecule has 3 nitrogen and oxygen atoms in total. The molecule has 96 valence electrons. The number of rotatable bonds is 4. The topological polar surface area (TPSA) is 43.8 Å². The number of benzene rings is 1. The van der Waals surface area contributed by atoms with Gasteiger partial charge >= 0.3 is 0 Å². The Morgan fingerprint density at radius 3 is 2.56 bits per heavy atom. The first kappa shape index (κ1) is 12.8. The maximum Gasteiger partial charge on any atom is 0.123 e. The molecular weight excluding hydrogens is 229 g/mol. The van der Waals surface area contributed by atoms with Crippen LogP contribution in [0.5, 0.6) is 0 Å². The lowest BCUT2D eigenvalue weighted by atomic mass is 10.1. The summed E-state index contributed by atoms with van der Waals surface area (Å²) in [5.74, 6) is -0.203. The molecule has 2 aromatic rings. The molecule has 1 aromatic heterocycles. The smallest absolute Gasteiger partial charge is 0.123 e. The molecule has 0 bridgehead atoms. The molecular formula is C14H18FN3. The quantitative estimate of drug-likeness (QED) is 0.902. The first-order valence-electron chi connectivity index (χ1n) is 6.09. The standard InChI is InChI=1S/C14H18FN3/c1-10(7-12-3-5-13(15)6-4-12)18-9-17-8-14(18)11(2)16/h3-6,8-11H,7,16H2,1-2H3. The maximum absolute atomic E-state index is 12.8. The van der Waals surface area contributed by atoms with Gasteiger partial charge in [0.05, 0.1) is 12.0 Å². The molecule has 0 amide bonds. The molecule has 2 rings (SSSR count). The fourth-order valence-electron chi connectivity index (χ4n) is 2.10. The van der Waals surface area contributed by atoms with Crippen LogP contribution in [0.2, 0.25) is 0 Å². The second-order valence-electron chi connectivity index (χ2n) is 4.69. The highest BCUT2D eigenvalue weighted by Gasteiger charge is 2.12. The Kier molecular flexibility index (Phi) is 3.77. The van der Waals surface area contributed by atoms with Crippen LogP contribution in [0.4, 0.5) is 4.39 Å². The van der Waals surface area contributed by atoms with Crippen molar-refractivity contribution in [2.75, 3.05) is 0 Å². The molecule has 4 heteroatoms. The first-order chi connectivity index (χ1) is 8.58. The van der Waals surface area contributed by atoms with Crippen molar-refractivity contribution >= 4 is 0 Å². The third-order valence-electron chi connectivity index (χ3n) is 3.08. The lowest BCUT2D eigenvalue weighted by Crippen LogP contribution is -2.16. The summed E-state index contributed by atoms with van der Waals surface area (Å²) >= 11 is 0. The van der Waals surface area contributed by atoms with Crippen molar-refractivity contribution in [3.05, 3.63) is 53.9 Å². The molecule has 0 aliphatic heterocycles. The van der Waals surface area contributed by atoms with E-state index < -0.39 is 0 Å². The van der Waals surface area contributed by atoms with E-state index in [0.717, 1.165) is 17.7 Å². The zero-order valence-corrected chi connectivity index (χ0v) is 10.7. The van der Waals surface area contributed by atoms with Gasteiger partial charge < -0.3 is 10.3 Å². The van der Waals surface area contributed by atoms with Crippen molar-refractivity contribution in [3.8, 4) is 0 Å². The number of nitrogens with two attached hydrogens (primary N) is 1. The van der Waals surface area contributed by atoms with Gasteiger partial charge in [0, 0.05) is 18.3 Å². The van der Waals surface area contributed by atoms with Crippen LogP contribution in [0.3, 0.4) is 0 Å². The molecule has 0 radical (unpaired) electrons. The number of hydrogen-bond acceptors (Lipinski definition) is 2. The van der Waals surface area contributed by atoms with Crippen LogP contribution in [-0.4, -0.2) is 9.55 Å². The fourth-order valence-corrected chi connectivity index (χ4v) is 2.10. The third kappa shape index (κ3) is 2.76. The van der Waals surface area contributed by atoms with Crippen molar-refractivity contribution in [2.45, 2.75) is 32.4 Å². The van der Waals surface area contributed by atoms with Gasteiger partial charge in [-0.2, -0.15) is 0 Å². The van der Waals surface area contributed by atoms with Gasteiger partial charge in [0.15, 0.2) is 0 Å². The van der Waals surface area contributed by atoms with E-state index in [1.54, 1.807) is 12.5 Å². The van der Waals surface area contributed by atoms with E-state index in [1.165, 1.54) is 12.1 Å². The average Bonchev–Trinajstić information content (AvgIpc) is 2.81. The molecule has 1 heterocycles. The van der Waals surface area contributed by atoms with Crippen molar-refractivity contribution in [1.29, 1.82) is 0 Å². The Morgan fingerprint density at radius 1 is 1.28 bits per heavy atom. The monoisotopic (exact) mass is 247 g/mol. The lowest BCUT2D eigenvalue weighted by Gasteiger charge is -2.18. The normalized spacial score (nSPS) is 14.4. The summed E-state index contributed by atoms with van der Waals surface area (Å²) in [4.78, 5) is 4.14. The Bertz CT molecular complexity index is 502. The van der Waals surface area contributed by atoms with Crippen LogP contribution in [-0.2, 0) is 6.42 Å². The molecule has 0 fully saturated rings. The molecule has 2 unspecified atom stereocenters. The highest BCUT2D eigenvalue weighted by atomic mass is 19.1. The van der Waals surface area contributed by atoms with E-state index in [-0.39, 0.29) is 17.9 Å². The number of aromatic nitrogens is 2.